The number of aliphatic carboxylic acids is 1. The second kappa shape index (κ2) is 6.48. The molecule has 0 aromatic heterocycles. The standard InChI is InChI=1S/C17H21NO4/c19-16(9-12-5-7-22-8-6-12)18-10-13-3-1-2-4-14(13)15(11-18)17(20)21/h1-4,12,15H,5-11H2,(H,20,21). The Labute approximate surface area is 129 Å². The van der Waals surface area contributed by atoms with Crippen molar-refractivity contribution in [2.24, 2.45) is 5.92 Å². The third-order valence-corrected chi connectivity index (χ3v) is 4.65. The van der Waals surface area contributed by atoms with E-state index in [4.69, 9.17) is 4.74 Å². The summed E-state index contributed by atoms with van der Waals surface area (Å²) in [6, 6.07) is 7.52. The Bertz CT molecular complexity index is 566. The highest BCUT2D eigenvalue weighted by atomic mass is 16.5. The number of amides is 1. The van der Waals surface area contributed by atoms with E-state index in [1.54, 1.807) is 4.90 Å². The van der Waals surface area contributed by atoms with Gasteiger partial charge < -0.3 is 14.7 Å². The molecule has 1 aromatic rings. The predicted octanol–water partition coefficient (Wildman–Crippen LogP) is 2.01. The van der Waals surface area contributed by atoms with Gasteiger partial charge in [0.1, 0.15) is 0 Å². The first kappa shape index (κ1) is 15.0. The molecule has 5 nitrogen and oxygen atoms in total. The smallest absolute Gasteiger partial charge is 0.312 e. The van der Waals surface area contributed by atoms with Crippen LogP contribution in [0.25, 0.3) is 0 Å². The summed E-state index contributed by atoms with van der Waals surface area (Å²) >= 11 is 0. The maximum Gasteiger partial charge on any atom is 0.312 e. The van der Waals surface area contributed by atoms with E-state index in [9.17, 15) is 14.7 Å². The van der Waals surface area contributed by atoms with Crippen molar-refractivity contribution in [2.75, 3.05) is 19.8 Å². The summed E-state index contributed by atoms with van der Waals surface area (Å²) < 4.78 is 5.32. The molecule has 1 aromatic carbocycles. The van der Waals surface area contributed by atoms with Crippen LogP contribution in [0, 0.1) is 5.92 Å². The predicted molar refractivity (Wildman–Crippen MR) is 80.4 cm³/mol. The second-order valence-corrected chi connectivity index (χ2v) is 6.12. The number of rotatable bonds is 3. The van der Waals surface area contributed by atoms with Crippen LogP contribution in [0.4, 0.5) is 0 Å². The van der Waals surface area contributed by atoms with Crippen molar-refractivity contribution in [1.82, 2.24) is 4.90 Å². The van der Waals surface area contributed by atoms with E-state index in [-0.39, 0.29) is 12.5 Å². The first-order valence-corrected chi connectivity index (χ1v) is 7.81. The lowest BCUT2D eigenvalue weighted by atomic mass is 9.89. The zero-order valence-electron chi connectivity index (χ0n) is 12.5. The number of ether oxygens (including phenoxy) is 1. The zero-order valence-corrected chi connectivity index (χ0v) is 12.5. The lowest BCUT2D eigenvalue weighted by molar-refractivity contribution is -0.141. The molecule has 2 aliphatic rings. The minimum absolute atomic E-state index is 0.0626. The van der Waals surface area contributed by atoms with E-state index < -0.39 is 11.9 Å². The van der Waals surface area contributed by atoms with Crippen LogP contribution in [0.3, 0.4) is 0 Å². The Hall–Kier alpha value is -1.88. The van der Waals surface area contributed by atoms with Crippen molar-refractivity contribution >= 4 is 11.9 Å². The van der Waals surface area contributed by atoms with Crippen LogP contribution in [0.15, 0.2) is 24.3 Å². The largest absolute Gasteiger partial charge is 0.481 e. The molecule has 5 heteroatoms. The van der Waals surface area contributed by atoms with Crippen molar-refractivity contribution in [3.63, 3.8) is 0 Å². The summed E-state index contributed by atoms with van der Waals surface area (Å²) in [4.78, 5) is 25.8. The Morgan fingerprint density at radius 2 is 1.95 bits per heavy atom. The second-order valence-electron chi connectivity index (χ2n) is 6.12. The lowest BCUT2D eigenvalue weighted by Gasteiger charge is -2.34. The van der Waals surface area contributed by atoms with Gasteiger partial charge in [0.2, 0.25) is 5.91 Å². The number of fused-ring (bicyclic) bond motifs is 1. The molecule has 0 radical (unpaired) electrons. The quantitative estimate of drug-likeness (QED) is 0.927. The normalized spacial score (nSPS) is 22.2. The number of hydrogen-bond acceptors (Lipinski definition) is 3. The average Bonchev–Trinajstić information content (AvgIpc) is 2.54. The number of carbonyl (C=O) groups excluding carboxylic acids is 1. The van der Waals surface area contributed by atoms with Crippen LogP contribution in [0.1, 0.15) is 36.3 Å². The van der Waals surface area contributed by atoms with E-state index in [0.29, 0.717) is 18.9 Å². The van der Waals surface area contributed by atoms with Gasteiger partial charge in [-0.15, -0.1) is 0 Å². The molecule has 0 aliphatic carbocycles. The highest BCUT2D eigenvalue weighted by Gasteiger charge is 2.33. The van der Waals surface area contributed by atoms with Crippen molar-refractivity contribution in [3.8, 4) is 0 Å². The average molecular weight is 303 g/mol. The first-order chi connectivity index (χ1) is 10.6. The monoisotopic (exact) mass is 303 g/mol. The number of hydrogen-bond donors (Lipinski definition) is 1. The third-order valence-electron chi connectivity index (χ3n) is 4.65. The fraction of sp³-hybridized carbons (Fsp3) is 0.529. The van der Waals surface area contributed by atoms with Gasteiger partial charge in [0.25, 0.3) is 0 Å². The molecule has 1 atom stereocenters. The number of carbonyl (C=O) groups is 2. The molecule has 2 aliphatic heterocycles. The Morgan fingerprint density at radius 3 is 2.68 bits per heavy atom. The highest BCUT2D eigenvalue weighted by Crippen LogP contribution is 2.30. The SMILES string of the molecule is O=C(O)C1CN(C(=O)CC2CCOCC2)Cc2ccccc21. The third kappa shape index (κ3) is 3.14. The summed E-state index contributed by atoms with van der Waals surface area (Å²) in [7, 11) is 0. The zero-order chi connectivity index (χ0) is 15.5. The molecule has 0 bridgehead atoms. The van der Waals surface area contributed by atoms with Crippen LogP contribution in [0.5, 0.6) is 0 Å². The van der Waals surface area contributed by atoms with Gasteiger partial charge in [0.05, 0.1) is 5.92 Å². The van der Waals surface area contributed by atoms with E-state index in [0.717, 1.165) is 37.2 Å². The van der Waals surface area contributed by atoms with Crippen LogP contribution < -0.4 is 0 Å². The highest BCUT2D eigenvalue weighted by molar-refractivity contribution is 5.81. The van der Waals surface area contributed by atoms with Gasteiger partial charge in [-0.2, -0.15) is 0 Å². The minimum atomic E-state index is -0.865. The molecule has 118 valence electrons. The Morgan fingerprint density at radius 1 is 1.23 bits per heavy atom. The maximum atomic E-state index is 12.5. The van der Waals surface area contributed by atoms with E-state index in [2.05, 4.69) is 0 Å². The lowest BCUT2D eigenvalue weighted by Crippen LogP contribution is -2.41. The van der Waals surface area contributed by atoms with Crippen LogP contribution in [0.2, 0.25) is 0 Å². The summed E-state index contributed by atoms with van der Waals surface area (Å²) in [5.41, 5.74) is 1.78. The molecule has 3 rings (SSSR count). The summed E-state index contributed by atoms with van der Waals surface area (Å²) in [6.45, 7) is 2.23. The first-order valence-electron chi connectivity index (χ1n) is 7.81. The maximum absolute atomic E-state index is 12.5. The fourth-order valence-electron chi connectivity index (χ4n) is 3.33. The van der Waals surface area contributed by atoms with Crippen LogP contribution in [-0.4, -0.2) is 41.6 Å². The van der Waals surface area contributed by atoms with E-state index >= 15 is 0 Å². The molecular weight excluding hydrogens is 282 g/mol. The van der Waals surface area contributed by atoms with Gasteiger partial charge in [-0.1, -0.05) is 24.3 Å². The Kier molecular flexibility index (Phi) is 4.43. The number of carboxylic acids is 1. The summed E-state index contributed by atoms with van der Waals surface area (Å²) in [5, 5.41) is 9.45. The van der Waals surface area contributed by atoms with Gasteiger partial charge in [0.15, 0.2) is 0 Å². The van der Waals surface area contributed by atoms with Gasteiger partial charge in [0, 0.05) is 32.7 Å². The van der Waals surface area contributed by atoms with E-state index in [1.165, 1.54) is 0 Å². The molecule has 1 unspecified atom stereocenters. The fourth-order valence-corrected chi connectivity index (χ4v) is 3.33. The van der Waals surface area contributed by atoms with Gasteiger partial charge in [-0.05, 0) is 29.9 Å². The van der Waals surface area contributed by atoms with Crippen molar-refractivity contribution < 1.29 is 19.4 Å². The molecule has 1 fully saturated rings. The van der Waals surface area contributed by atoms with Crippen molar-refractivity contribution in [3.05, 3.63) is 35.4 Å². The molecular formula is C17H21NO4. The number of carboxylic acid groups (broad SMARTS) is 1. The van der Waals surface area contributed by atoms with Crippen LogP contribution >= 0.6 is 0 Å². The molecule has 0 spiro atoms. The molecule has 0 saturated carbocycles. The summed E-state index contributed by atoms with van der Waals surface area (Å²) in [6.07, 6.45) is 2.33. The van der Waals surface area contributed by atoms with Gasteiger partial charge >= 0.3 is 5.97 Å². The molecule has 1 saturated heterocycles. The van der Waals surface area contributed by atoms with Crippen LogP contribution in [-0.2, 0) is 20.9 Å². The van der Waals surface area contributed by atoms with E-state index in [1.807, 2.05) is 24.3 Å². The van der Waals surface area contributed by atoms with Crippen molar-refractivity contribution in [1.29, 1.82) is 0 Å². The molecule has 2 heterocycles. The topological polar surface area (TPSA) is 66.8 Å². The Balaban J connectivity index is 1.72. The minimum Gasteiger partial charge on any atom is -0.481 e. The summed E-state index contributed by atoms with van der Waals surface area (Å²) in [5.74, 6) is -1.06. The molecule has 1 N–H and O–H groups in total. The number of benzene rings is 1. The molecule has 22 heavy (non-hydrogen) atoms. The van der Waals surface area contributed by atoms with Crippen molar-refractivity contribution in [2.45, 2.75) is 31.7 Å². The number of nitrogens with zero attached hydrogens (tertiary/aromatic N) is 1. The van der Waals surface area contributed by atoms with Gasteiger partial charge in [-0.25, -0.2) is 0 Å². The van der Waals surface area contributed by atoms with Gasteiger partial charge in [-0.3, -0.25) is 9.59 Å². The molecule has 1 amide bonds.